The van der Waals surface area contributed by atoms with Gasteiger partial charge in [-0.2, -0.15) is 0 Å². The monoisotopic (exact) mass is 480 g/mol. The lowest BCUT2D eigenvalue weighted by Gasteiger charge is -2.29. The molecule has 7 nitrogen and oxygen atoms in total. The maximum Gasteiger partial charge on any atom is 0.290 e. The lowest BCUT2D eigenvalue weighted by atomic mass is 9.78. The van der Waals surface area contributed by atoms with Gasteiger partial charge in [0.2, 0.25) is 6.41 Å². The number of hydrogen-bond donors (Lipinski definition) is 2. The first-order chi connectivity index (χ1) is 16.3. The molecule has 0 aliphatic carbocycles. The number of aryl methyl sites for hydroxylation is 2. The summed E-state index contributed by atoms with van der Waals surface area (Å²) in [6.45, 7) is 11.3. The van der Waals surface area contributed by atoms with Crippen molar-refractivity contribution in [1.29, 1.82) is 0 Å². The molecule has 34 heavy (non-hydrogen) atoms. The zero-order valence-electron chi connectivity index (χ0n) is 21.8. The van der Waals surface area contributed by atoms with Crippen molar-refractivity contribution in [2.24, 2.45) is 0 Å². The molecule has 0 aliphatic rings. The summed E-state index contributed by atoms with van der Waals surface area (Å²) < 4.78 is 22.9. The Balaban J connectivity index is 0. The summed E-state index contributed by atoms with van der Waals surface area (Å²) in [6.07, 6.45) is 2.86. The van der Waals surface area contributed by atoms with E-state index < -0.39 is 0 Å². The first-order valence-electron chi connectivity index (χ1n) is 11.3. The van der Waals surface area contributed by atoms with Crippen LogP contribution in [0.25, 0.3) is 0 Å². The highest BCUT2D eigenvalue weighted by Gasteiger charge is 2.29. The summed E-state index contributed by atoms with van der Waals surface area (Å²) >= 11 is 0. The molecule has 2 N–H and O–H groups in total. The topological polar surface area (TPSA) is 97.8 Å². The first-order valence-corrected chi connectivity index (χ1v) is 11.3. The fourth-order valence-electron chi connectivity index (χ4n) is 3.30. The lowest BCUT2D eigenvalue weighted by Crippen LogP contribution is -2.26. The summed E-state index contributed by atoms with van der Waals surface area (Å²) in [5.74, 6) is 1.76. The van der Waals surface area contributed by atoms with Gasteiger partial charge < -0.3 is 19.9 Å². The van der Waals surface area contributed by atoms with Crippen LogP contribution in [0.15, 0.2) is 30.3 Å². The highest BCUT2D eigenvalue weighted by Crippen LogP contribution is 2.36. The van der Waals surface area contributed by atoms with Crippen molar-refractivity contribution in [3.8, 4) is 11.5 Å². The van der Waals surface area contributed by atoms with Crippen molar-refractivity contribution in [2.75, 3.05) is 26.2 Å². The molecule has 0 aliphatic heterocycles. The second-order valence-electron chi connectivity index (χ2n) is 7.30. The molecule has 1 heterocycles. The first kappa shape index (κ1) is 33.0. The van der Waals surface area contributed by atoms with Crippen LogP contribution in [0.4, 0.5) is 10.1 Å². The van der Waals surface area contributed by atoms with Crippen LogP contribution in [0.5, 0.6) is 11.5 Å². The fourth-order valence-corrected chi connectivity index (χ4v) is 3.30. The van der Waals surface area contributed by atoms with E-state index in [1.165, 1.54) is 0 Å². The number of carbonyl (C=O) groups excluding carboxylic acids is 1. The van der Waals surface area contributed by atoms with E-state index in [9.17, 15) is 9.18 Å². The van der Waals surface area contributed by atoms with Crippen molar-refractivity contribution in [3.63, 3.8) is 0 Å². The third-order valence-electron chi connectivity index (χ3n) is 4.87. The molecule has 1 aromatic heterocycles. The Labute approximate surface area is 203 Å². The van der Waals surface area contributed by atoms with E-state index >= 15 is 0 Å². The number of halogens is 1. The molecule has 0 unspecified atom stereocenters. The molecular weight excluding hydrogens is 439 g/mol. The van der Waals surface area contributed by atoms with E-state index in [1.54, 1.807) is 14.2 Å². The molecule has 192 valence electrons. The normalized spacial score (nSPS) is 11.0. The molecule has 1 aromatic carbocycles. The van der Waals surface area contributed by atoms with E-state index in [0.717, 1.165) is 41.3 Å². The smallest absolute Gasteiger partial charge is 0.290 e. The molecule has 0 fully saturated rings. The number of rotatable bonds is 9. The molecule has 1 atom stereocenters. The second kappa shape index (κ2) is 19.3. The van der Waals surface area contributed by atoms with Gasteiger partial charge in [0.25, 0.3) is 6.47 Å². The number of aromatic nitrogens is 1. The van der Waals surface area contributed by atoms with Gasteiger partial charge >= 0.3 is 0 Å². The van der Waals surface area contributed by atoms with Crippen molar-refractivity contribution in [3.05, 3.63) is 47.3 Å². The van der Waals surface area contributed by atoms with E-state index in [1.807, 2.05) is 65.0 Å². The van der Waals surface area contributed by atoms with Crippen LogP contribution in [0.3, 0.4) is 0 Å². The highest BCUT2D eigenvalue weighted by atomic mass is 19.1. The summed E-state index contributed by atoms with van der Waals surface area (Å²) in [5, 5.41) is 9.55. The van der Waals surface area contributed by atoms with Crippen LogP contribution in [0.1, 0.15) is 63.9 Å². The molecule has 2 rings (SSSR count). The molecular formula is C26H41FN2O5. The van der Waals surface area contributed by atoms with Gasteiger partial charge in [-0.25, -0.2) is 0 Å². The lowest BCUT2D eigenvalue weighted by molar-refractivity contribution is -0.122. The maximum atomic E-state index is 12.8. The number of ether oxygens (including phenoxy) is 2. The number of carbonyl (C=O) groups is 2. The van der Waals surface area contributed by atoms with Gasteiger partial charge in [0.15, 0.2) is 0 Å². The average molecular weight is 481 g/mol. The molecule has 0 bridgehead atoms. The van der Waals surface area contributed by atoms with Crippen LogP contribution < -0.4 is 14.8 Å². The Kier molecular flexibility index (Phi) is 18.8. The number of methoxy groups -OCH3 is 2. The third-order valence-corrected chi connectivity index (χ3v) is 4.87. The van der Waals surface area contributed by atoms with Crippen LogP contribution in [0.2, 0.25) is 0 Å². The number of pyridine rings is 1. The molecule has 0 saturated carbocycles. The standard InChI is InChI=1S/C14H21FN2O.C9H12O2.C2H6.CH2O2/c1-4-7-14(3,8-9-15)13-12(16-10-18)6-5-11(2)17-13;1-7-6-8(10-2)4-5-9(7)11-3;1-2;2-1-3/h5-6,10H,4,7-9H2,1-3H3,(H,16,18);4-6H,1-3H3;1-2H3;1H,(H,2,3)/t14-;;;/m1.../s1. The summed E-state index contributed by atoms with van der Waals surface area (Å²) in [5.41, 5.74) is 3.10. The number of amides is 1. The molecule has 0 radical (unpaired) electrons. The number of alkyl halides is 1. The zero-order chi connectivity index (χ0) is 26.6. The number of anilines is 1. The number of nitrogens with zero attached hydrogens (tertiary/aromatic N) is 1. The minimum atomic E-state index is -0.382. The van der Waals surface area contributed by atoms with Crippen LogP contribution >= 0.6 is 0 Å². The number of carboxylic acid groups (broad SMARTS) is 1. The Morgan fingerprint density at radius 1 is 1.09 bits per heavy atom. The van der Waals surface area contributed by atoms with Crippen LogP contribution in [-0.4, -0.2) is 43.9 Å². The van der Waals surface area contributed by atoms with Gasteiger partial charge in [-0.3, -0.25) is 19.0 Å². The minimum absolute atomic E-state index is 0.250. The van der Waals surface area contributed by atoms with E-state index in [0.29, 0.717) is 18.5 Å². The van der Waals surface area contributed by atoms with Crippen LogP contribution in [-0.2, 0) is 15.0 Å². The zero-order valence-corrected chi connectivity index (χ0v) is 21.8. The fraction of sp³-hybridized carbons (Fsp3) is 0.500. The molecule has 1 amide bonds. The Morgan fingerprint density at radius 3 is 2.15 bits per heavy atom. The molecule has 8 heteroatoms. The quantitative estimate of drug-likeness (QED) is 0.420. The van der Waals surface area contributed by atoms with Gasteiger partial charge in [-0.15, -0.1) is 0 Å². The predicted octanol–water partition coefficient (Wildman–Crippen LogP) is 6.11. The maximum absolute atomic E-state index is 12.8. The third kappa shape index (κ3) is 11.6. The Bertz CT molecular complexity index is 825. The Morgan fingerprint density at radius 2 is 1.71 bits per heavy atom. The van der Waals surface area contributed by atoms with E-state index in [-0.39, 0.29) is 18.6 Å². The van der Waals surface area contributed by atoms with E-state index in [4.69, 9.17) is 19.4 Å². The number of hydrogen-bond acceptors (Lipinski definition) is 5. The average Bonchev–Trinajstić information content (AvgIpc) is 2.83. The highest BCUT2D eigenvalue weighted by molar-refractivity contribution is 5.73. The molecule has 0 saturated heterocycles. The Hall–Kier alpha value is -3.16. The molecule has 0 spiro atoms. The summed E-state index contributed by atoms with van der Waals surface area (Å²) in [4.78, 5) is 23.5. The minimum Gasteiger partial charge on any atom is -0.497 e. The van der Waals surface area contributed by atoms with Crippen molar-refractivity contribution >= 4 is 18.6 Å². The van der Waals surface area contributed by atoms with Crippen molar-refractivity contribution in [1.82, 2.24) is 4.98 Å². The van der Waals surface area contributed by atoms with Crippen molar-refractivity contribution in [2.45, 2.75) is 66.2 Å². The largest absolute Gasteiger partial charge is 0.497 e. The van der Waals surface area contributed by atoms with Crippen LogP contribution in [0, 0.1) is 13.8 Å². The van der Waals surface area contributed by atoms with Gasteiger partial charge in [0.05, 0.1) is 32.3 Å². The van der Waals surface area contributed by atoms with E-state index in [2.05, 4.69) is 17.2 Å². The summed E-state index contributed by atoms with van der Waals surface area (Å²) in [7, 11) is 3.32. The van der Waals surface area contributed by atoms with Crippen molar-refractivity contribution < 1.29 is 28.6 Å². The van der Waals surface area contributed by atoms with Gasteiger partial charge in [0, 0.05) is 11.1 Å². The second-order valence-corrected chi connectivity index (χ2v) is 7.30. The number of nitrogens with one attached hydrogen (secondary N) is 1. The van der Waals surface area contributed by atoms with Gasteiger partial charge in [-0.1, -0.05) is 34.1 Å². The molecule has 2 aromatic rings. The van der Waals surface area contributed by atoms with Gasteiger partial charge in [0.1, 0.15) is 11.5 Å². The number of benzene rings is 1. The van der Waals surface area contributed by atoms with Gasteiger partial charge in [-0.05, 0) is 62.6 Å². The summed E-state index contributed by atoms with van der Waals surface area (Å²) in [6, 6.07) is 9.40. The predicted molar refractivity (Wildman–Crippen MR) is 136 cm³/mol. The SMILES string of the molecule is CC.CCC[C@](C)(CCF)c1nc(C)ccc1NC=O.COc1ccc(OC)c(C)c1.O=CO.